The van der Waals surface area contributed by atoms with E-state index in [0.717, 1.165) is 28.0 Å². The van der Waals surface area contributed by atoms with Crippen molar-refractivity contribution in [1.29, 1.82) is 0 Å². The Morgan fingerprint density at radius 2 is 2.18 bits per heavy atom. The molecule has 0 atom stereocenters. The highest BCUT2D eigenvalue weighted by Crippen LogP contribution is 2.33. The minimum absolute atomic E-state index is 0.657. The van der Waals surface area contributed by atoms with Gasteiger partial charge in [0.25, 0.3) is 0 Å². The van der Waals surface area contributed by atoms with E-state index in [1.807, 2.05) is 29.8 Å². The summed E-state index contributed by atoms with van der Waals surface area (Å²) in [6.45, 7) is 2.05. The smallest absolute Gasteiger partial charge is 0.131 e. The summed E-state index contributed by atoms with van der Waals surface area (Å²) in [7, 11) is 1.92. The zero-order chi connectivity index (χ0) is 12.6. The lowest BCUT2D eigenvalue weighted by Gasteiger charge is -2.04. The average Bonchev–Trinajstić information content (AvgIpc) is 2.59. The molecular weight excluding hydrogens is 302 g/mol. The molecule has 1 heterocycles. The van der Waals surface area contributed by atoms with E-state index in [9.17, 15) is 0 Å². The van der Waals surface area contributed by atoms with Crippen LogP contribution in [0.1, 0.15) is 12.7 Å². The maximum absolute atomic E-state index is 6.07. The van der Waals surface area contributed by atoms with Crippen molar-refractivity contribution >= 4 is 33.3 Å². The molecule has 0 aliphatic carbocycles. The zero-order valence-electron chi connectivity index (χ0n) is 9.67. The molecule has 2 aromatic rings. The van der Waals surface area contributed by atoms with Gasteiger partial charge >= 0.3 is 0 Å². The number of aryl methyl sites for hydroxylation is 1. The molecule has 0 unspecified atom stereocenters. The number of aromatic nitrogens is 2. The van der Waals surface area contributed by atoms with E-state index in [1.165, 1.54) is 0 Å². The van der Waals surface area contributed by atoms with E-state index >= 15 is 0 Å². The Balaban J connectivity index is 2.64. The Hall–Kier alpha value is -1.00. The average molecular weight is 315 g/mol. The van der Waals surface area contributed by atoms with Crippen LogP contribution in [0.2, 0.25) is 5.02 Å². The third-order valence-corrected chi connectivity index (χ3v) is 3.66. The van der Waals surface area contributed by atoms with Crippen molar-refractivity contribution in [3.8, 4) is 11.3 Å². The van der Waals surface area contributed by atoms with Gasteiger partial charge in [0.1, 0.15) is 17.3 Å². The number of imidazole rings is 1. The lowest BCUT2D eigenvalue weighted by atomic mass is 10.1. The Morgan fingerprint density at radius 1 is 1.47 bits per heavy atom. The summed E-state index contributed by atoms with van der Waals surface area (Å²) in [4.78, 5) is 4.55. The van der Waals surface area contributed by atoms with Gasteiger partial charge in [0.05, 0.1) is 0 Å². The monoisotopic (exact) mass is 313 g/mol. The van der Waals surface area contributed by atoms with Crippen molar-refractivity contribution in [2.45, 2.75) is 13.3 Å². The molecule has 0 aliphatic heterocycles. The lowest BCUT2D eigenvalue weighted by Crippen LogP contribution is -2.00. The third-order valence-electron chi connectivity index (χ3n) is 2.73. The number of benzene rings is 1. The van der Waals surface area contributed by atoms with Crippen LogP contribution in [0, 0.1) is 0 Å². The second-order valence-electron chi connectivity index (χ2n) is 3.80. The van der Waals surface area contributed by atoms with Crippen LogP contribution in [-0.4, -0.2) is 9.55 Å². The van der Waals surface area contributed by atoms with E-state index in [1.54, 1.807) is 0 Å². The molecule has 0 radical (unpaired) electrons. The van der Waals surface area contributed by atoms with Crippen molar-refractivity contribution < 1.29 is 0 Å². The molecule has 0 fully saturated rings. The van der Waals surface area contributed by atoms with Gasteiger partial charge < -0.3 is 10.3 Å². The largest absolute Gasteiger partial charge is 0.383 e. The summed E-state index contributed by atoms with van der Waals surface area (Å²) in [6.07, 6.45) is 0.846. The number of anilines is 1. The summed E-state index contributed by atoms with van der Waals surface area (Å²) < 4.78 is 2.84. The highest BCUT2D eigenvalue weighted by Gasteiger charge is 2.15. The summed E-state index contributed by atoms with van der Waals surface area (Å²) in [5, 5.41) is 0.673. The van der Waals surface area contributed by atoms with Crippen LogP contribution in [-0.2, 0) is 13.5 Å². The maximum atomic E-state index is 6.07. The van der Waals surface area contributed by atoms with Crippen molar-refractivity contribution in [2.24, 2.45) is 7.05 Å². The van der Waals surface area contributed by atoms with Gasteiger partial charge in [-0.25, -0.2) is 4.98 Å². The molecule has 0 aliphatic rings. The van der Waals surface area contributed by atoms with E-state index in [2.05, 4.69) is 27.8 Å². The Labute approximate surface area is 114 Å². The fraction of sp³-hybridized carbons (Fsp3) is 0.250. The number of nitrogens with zero attached hydrogens (tertiary/aromatic N) is 2. The van der Waals surface area contributed by atoms with Gasteiger partial charge in [-0.2, -0.15) is 0 Å². The predicted octanol–water partition coefficient (Wildman–Crippen LogP) is 3.65. The SMILES string of the molecule is CCc1nc(-c2cc(Cl)ccc2Br)c(N)n1C. The highest BCUT2D eigenvalue weighted by molar-refractivity contribution is 9.10. The highest BCUT2D eigenvalue weighted by atomic mass is 79.9. The quantitative estimate of drug-likeness (QED) is 0.919. The van der Waals surface area contributed by atoms with E-state index < -0.39 is 0 Å². The van der Waals surface area contributed by atoms with Crippen molar-refractivity contribution in [2.75, 3.05) is 5.73 Å². The van der Waals surface area contributed by atoms with E-state index in [4.69, 9.17) is 17.3 Å². The molecule has 2 rings (SSSR count). The Morgan fingerprint density at radius 3 is 2.76 bits per heavy atom. The maximum Gasteiger partial charge on any atom is 0.131 e. The summed E-state index contributed by atoms with van der Waals surface area (Å²) >= 11 is 9.50. The normalized spacial score (nSPS) is 10.8. The lowest BCUT2D eigenvalue weighted by molar-refractivity contribution is 0.816. The summed E-state index contributed by atoms with van der Waals surface area (Å²) in [5.74, 6) is 1.62. The van der Waals surface area contributed by atoms with Gasteiger partial charge in [-0.15, -0.1) is 0 Å². The van der Waals surface area contributed by atoms with Crippen LogP contribution in [0.25, 0.3) is 11.3 Å². The van der Waals surface area contributed by atoms with Gasteiger partial charge in [-0.3, -0.25) is 0 Å². The fourth-order valence-corrected chi connectivity index (χ4v) is 2.36. The number of nitrogens with two attached hydrogens (primary N) is 1. The first-order chi connectivity index (χ1) is 8.04. The first-order valence-electron chi connectivity index (χ1n) is 5.31. The summed E-state index contributed by atoms with van der Waals surface area (Å²) in [6, 6.07) is 5.59. The summed E-state index contributed by atoms with van der Waals surface area (Å²) in [5.41, 5.74) is 7.76. The number of rotatable bonds is 2. The minimum Gasteiger partial charge on any atom is -0.383 e. The van der Waals surface area contributed by atoms with Crippen LogP contribution >= 0.6 is 27.5 Å². The molecule has 2 N–H and O–H groups in total. The van der Waals surface area contributed by atoms with Gasteiger partial charge in [-0.1, -0.05) is 34.5 Å². The number of hydrogen-bond acceptors (Lipinski definition) is 2. The molecular formula is C12H13BrClN3. The fourth-order valence-electron chi connectivity index (χ4n) is 1.75. The predicted molar refractivity (Wildman–Crippen MR) is 75.1 cm³/mol. The third kappa shape index (κ3) is 2.19. The van der Waals surface area contributed by atoms with Gasteiger partial charge in [0, 0.05) is 28.5 Å². The van der Waals surface area contributed by atoms with Crippen molar-refractivity contribution in [3.05, 3.63) is 33.5 Å². The molecule has 0 spiro atoms. The molecule has 17 heavy (non-hydrogen) atoms. The molecule has 90 valence electrons. The van der Waals surface area contributed by atoms with Gasteiger partial charge in [0.15, 0.2) is 0 Å². The Kier molecular flexibility index (Phi) is 3.45. The molecule has 1 aromatic heterocycles. The van der Waals surface area contributed by atoms with Crippen LogP contribution in [0.5, 0.6) is 0 Å². The second kappa shape index (κ2) is 4.70. The molecule has 5 heteroatoms. The molecule has 0 saturated heterocycles. The molecule has 1 aromatic carbocycles. The topological polar surface area (TPSA) is 43.8 Å². The zero-order valence-corrected chi connectivity index (χ0v) is 12.0. The van der Waals surface area contributed by atoms with E-state index in [-0.39, 0.29) is 0 Å². The minimum atomic E-state index is 0.657. The van der Waals surface area contributed by atoms with Gasteiger partial charge in [-0.05, 0) is 18.2 Å². The first-order valence-corrected chi connectivity index (χ1v) is 6.48. The number of hydrogen-bond donors (Lipinski definition) is 1. The van der Waals surface area contributed by atoms with Crippen LogP contribution in [0.3, 0.4) is 0 Å². The first kappa shape index (κ1) is 12.5. The molecule has 0 bridgehead atoms. The van der Waals surface area contributed by atoms with Crippen molar-refractivity contribution in [3.63, 3.8) is 0 Å². The van der Waals surface area contributed by atoms with Gasteiger partial charge in [0.2, 0.25) is 0 Å². The number of nitrogen functional groups attached to an aromatic ring is 1. The standard InChI is InChI=1S/C12H13BrClN3/c1-3-10-16-11(12(15)17(10)2)8-6-7(14)4-5-9(8)13/h4-6H,3,15H2,1-2H3. The Bertz CT molecular complexity index is 563. The molecule has 0 saturated carbocycles. The van der Waals surface area contributed by atoms with Crippen LogP contribution in [0.4, 0.5) is 5.82 Å². The van der Waals surface area contributed by atoms with Crippen LogP contribution in [0.15, 0.2) is 22.7 Å². The number of halogens is 2. The molecule has 3 nitrogen and oxygen atoms in total. The van der Waals surface area contributed by atoms with E-state index in [0.29, 0.717) is 10.8 Å². The van der Waals surface area contributed by atoms with Crippen LogP contribution < -0.4 is 5.73 Å². The van der Waals surface area contributed by atoms with Crippen molar-refractivity contribution in [1.82, 2.24) is 9.55 Å². The molecule has 0 amide bonds. The second-order valence-corrected chi connectivity index (χ2v) is 5.09.